The summed E-state index contributed by atoms with van der Waals surface area (Å²) in [4.78, 5) is 0. The van der Waals surface area contributed by atoms with Gasteiger partial charge >= 0.3 is 0 Å². The maximum absolute atomic E-state index is 9.09. The van der Waals surface area contributed by atoms with Crippen LogP contribution >= 0.6 is 0 Å². The van der Waals surface area contributed by atoms with Crippen molar-refractivity contribution >= 4 is 0 Å². The summed E-state index contributed by atoms with van der Waals surface area (Å²) < 4.78 is 0. The van der Waals surface area contributed by atoms with Crippen LogP contribution in [0.3, 0.4) is 0 Å². The van der Waals surface area contributed by atoms with Crippen molar-refractivity contribution in [3.05, 3.63) is 11.1 Å². The van der Waals surface area contributed by atoms with Gasteiger partial charge in [0.05, 0.1) is 11.2 Å². The van der Waals surface area contributed by atoms with Gasteiger partial charge in [-0.1, -0.05) is 68.5 Å². The van der Waals surface area contributed by atoms with Crippen LogP contribution in [-0.2, 0) is 0 Å². The molecule has 0 radical (unpaired) electrons. The fraction of sp³-hybridized carbons (Fsp3) is 0.909. The molecule has 0 fully saturated rings. The Kier molecular flexibility index (Phi) is 43.1. The highest BCUT2D eigenvalue weighted by Gasteiger charge is 2.16. The zero-order chi connectivity index (χ0) is 17.3. The van der Waals surface area contributed by atoms with Gasteiger partial charge in [-0.3, -0.25) is 0 Å². The van der Waals surface area contributed by atoms with Gasteiger partial charge in [-0.25, -0.2) is 0 Å². The monoisotopic (exact) mass is 370 g/mol. The van der Waals surface area contributed by atoms with Crippen LogP contribution in [0.25, 0.3) is 0 Å². The lowest BCUT2D eigenvalue weighted by molar-refractivity contribution is 0.0323. The molecular formula is C22H58O3. The van der Waals surface area contributed by atoms with Gasteiger partial charge in [-0.05, 0) is 67.2 Å². The minimum absolute atomic E-state index is 0. The highest BCUT2D eigenvalue weighted by molar-refractivity contribution is 5.02. The summed E-state index contributed by atoms with van der Waals surface area (Å²) in [6.07, 6.45) is 0. The van der Waals surface area contributed by atoms with E-state index in [0.29, 0.717) is 11.8 Å². The van der Waals surface area contributed by atoms with Crippen LogP contribution in [0.1, 0.15) is 113 Å². The number of rotatable bonds is 2. The van der Waals surface area contributed by atoms with Crippen LogP contribution in [0, 0.1) is 11.8 Å². The third-order valence-electron chi connectivity index (χ3n) is 3.83. The third-order valence-corrected chi connectivity index (χ3v) is 3.83. The van der Waals surface area contributed by atoms with E-state index >= 15 is 0 Å². The van der Waals surface area contributed by atoms with Crippen LogP contribution in [0.2, 0.25) is 0 Å². The Balaban J connectivity index is -0.0000000263. The van der Waals surface area contributed by atoms with E-state index in [1.54, 1.807) is 0 Å². The molecule has 164 valence electrons. The van der Waals surface area contributed by atoms with Gasteiger partial charge in [0.15, 0.2) is 0 Å². The smallest absolute Gasteiger partial charge is 0.0614 e. The largest absolute Gasteiger partial charge is 0.412 e. The van der Waals surface area contributed by atoms with Crippen molar-refractivity contribution in [2.24, 2.45) is 11.8 Å². The lowest BCUT2D eigenvalue weighted by Gasteiger charge is -2.21. The molecular weight excluding hydrogens is 312 g/mol. The van der Waals surface area contributed by atoms with Crippen LogP contribution in [0.4, 0.5) is 0 Å². The second kappa shape index (κ2) is 21.7. The van der Waals surface area contributed by atoms with Gasteiger partial charge in [0.2, 0.25) is 0 Å². The molecule has 0 aromatic carbocycles. The quantitative estimate of drug-likeness (QED) is 0.518. The second-order valence-electron chi connectivity index (χ2n) is 7.62. The van der Waals surface area contributed by atoms with Crippen molar-refractivity contribution in [3.63, 3.8) is 0 Å². The molecule has 0 heterocycles. The van der Waals surface area contributed by atoms with Gasteiger partial charge in [0, 0.05) is 0 Å². The molecule has 0 amide bonds. The van der Waals surface area contributed by atoms with Crippen LogP contribution in [-0.4, -0.2) is 26.9 Å². The van der Waals surface area contributed by atoms with E-state index in [4.69, 9.17) is 10.2 Å². The van der Waals surface area contributed by atoms with E-state index in [2.05, 4.69) is 27.7 Å². The molecule has 0 spiro atoms. The zero-order valence-electron chi connectivity index (χ0n) is 16.5. The summed E-state index contributed by atoms with van der Waals surface area (Å²) in [5, 5.41) is 18.2. The molecule has 0 aromatic rings. The summed E-state index contributed by atoms with van der Waals surface area (Å²) >= 11 is 0. The average molecular weight is 371 g/mol. The second-order valence-corrected chi connectivity index (χ2v) is 7.62. The van der Waals surface area contributed by atoms with E-state index in [1.807, 2.05) is 55.4 Å². The molecule has 4 N–H and O–H groups in total. The van der Waals surface area contributed by atoms with E-state index in [-0.39, 0.29) is 35.2 Å². The van der Waals surface area contributed by atoms with Gasteiger partial charge in [-0.15, -0.1) is 0 Å². The van der Waals surface area contributed by atoms with Crippen LogP contribution in [0.15, 0.2) is 11.1 Å². The minimum atomic E-state index is -0.500. The maximum atomic E-state index is 9.09. The number of hydrogen-bond donors (Lipinski definition) is 2. The molecule has 0 saturated heterocycles. The summed E-state index contributed by atoms with van der Waals surface area (Å²) in [6, 6.07) is 0. The first-order valence-electron chi connectivity index (χ1n) is 7.58. The molecule has 0 unspecified atom stereocenters. The predicted molar refractivity (Wildman–Crippen MR) is 123 cm³/mol. The van der Waals surface area contributed by atoms with Crippen LogP contribution in [0.5, 0.6) is 0 Å². The van der Waals surface area contributed by atoms with Gasteiger partial charge in [-0.2, -0.15) is 0 Å². The van der Waals surface area contributed by atoms with Gasteiger partial charge in [0.25, 0.3) is 0 Å². The SMILES string of the molecule is C.C.C.C.CC(C)=C(C)C.CC(C)C(C)(C)O.CC(C)C(C)(C)O.O. The maximum Gasteiger partial charge on any atom is 0.0614 e. The average Bonchev–Trinajstić information content (AvgIpc) is 2.15. The number of allylic oxidation sites excluding steroid dienone is 2. The fourth-order valence-electron chi connectivity index (χ4n) is 0. The Morgan fingerprint density at radius 1 is 0.560 bits per heavy atom. The lowest BCUT2D eigenvalue weighted by Crippen LogP contribution is -2.25. The molecule has 0 aliphatic carbocycles. The molecule has 0 aromatic heterocycles. The van der Waals surface area contributed by atoms with Crippen molar-refractivity contribution in [1.82, 2.24) is 0 Å². The topological polar surface area (TPSA) is 72.0 Å². The molecule has 25 heavy (non-hydrogen) atoms. The Bertz CT molecular complexity index is 228. The van der Waals surface area contributed by atoms with E-state index in [0.717, 1.165) is 0 Å². The standard InChI is InChI=1S/2C6H14O.C6H12.4CH4.H2O/c2*1-5(2)6(3,4)7;1-5(2)6(3)4;;;;;/h2*5,7H,1-4H3;1-4H3;4*1H4;1H2. The third kappa shape index (κ3) is 45.3. The van der Waals surface area contributed by atoms with Crippen molar-refractivity contribution in [2.75, 3.05) is 0 Å². The first-order chi connectivity index (χ1) is 8.53. The normalized spacial score (nSPS) is 9.12. The Morgan fingerprint density at radius 3 is 0.640 bits per heavy atom. The number of hydrogen-bond acceptors (Lipinski definition) is 2. The summed E-state index contributed by atoms with van der Waals surface area (Å²) in [6.45, 7) is 23.8. The fourth-order valence-corrected chi connectivity index (χ4v) is 0. The van der Waals surface area contributed by atoms with Crippen molar-refractivity contribution in [3.8, 4) is 0 Å². The molecule has 3 heteroatoms. The first kappa shape index (κ1) is 49.7. The Labute approximate surface area is 163 Å². The zero-order valence-corrected chi connectivity index (χ0v) is 16.5. The van der Waals surface area contributed by atoms with Crippen molar-refractivity contribution in [2.45, 2.75) is 124 Å². The summed E-state index contributed by atoms with van der Waals surface area (Å²) in [5.74, 6) is 0.708. The Hall–Kier alpha value is -0.380. The summed E-state index contributed by atoms with van der Waals surface area (Å²) in [7, 11) is 0. The Morgan fingerprint density at radius 2 is 0.640 bits per heavy atom. The minimum Gasteiger partial charge on any atom is -0.412 e. The molecule has 0 aliphatic heterocycles. The molecule has 3 nitrogen and oxygen atoms in total. The van der Waals surface area contributed by atoms with Crippen LogP contribution < -0.4 is 0 Å². The summed E-state index contributed by atoms with van der Waals surface area (Å²) in [5.41, 5.74) is 1.85. The van der Waals surface area contributed by atoms with Crippen molar-refractivity contribution < 1.29 is 15.7 Å². The molecule has 0 aliphatic rings. The predicted octanol–water partition coefficient (Wildman–Crippen LogP) is 6.91. The molecule has 0 rings (SSSR count). The number of aliphatic hydroxyl groups is 2. The molecule has 0 saturated carbocycles. The van der Waals surface area contributed by atoms with E-state index < -0.39 is 11.2 Å². The lowest BCUT2D eigenvalue weighted by atomic mass is 9.95. The van der Waals surface area contributed by atoms with Crippen molar-refractivity contribution in [1.29, 1.82) is 0 Å². The van der Waals surface area contributed by atoms with Gasteiger partial charge in [0.1, 0.15) is 0 Å². The van der Waals surface area contributed by atoms with Gasteiger partial charge < -0.3 is 15.7 Å². The molecule has 0 bridgehead atoms. The highest BCUT2D eigenvalue weighted by Crippen LogP contribution is 2.13. The highest BCUT2D eigenvalue weighted by atomic mass is 16.3. The molecule has 0 atom stereocenters. The first-order valence-corrected chi connectivity index (χ1v) is 7.58. The van der Waals surface area contributed by atoms with E-state index in [1.165, 1.54) is 11.1 Å². The van der Waals surface area contributed by atoms with E-state index in [9.17, 15) is 0 Å².